The van der Waals surface area contributed by atoms with Crippen LogP contribution in [0.4, 0.5) is 0 Å². The minimum Gasteiger partial charge on any atom is -0.325 e. The van der Waals surface area contributed by atoms with Gasteiger partial charge in [-0.15, -0.1) is 0 Å². The molecule has 4 N–H and O–H groups in total. The molecule has 19 heavy (non-hydrogen) atoms. The SMILES string of the molecule is Cc1[nH]ncc1CNS(=O)(=O)c1ccc(CN)nc1. The Balaban J connectivity index is 2.11. The Bertz CT molecular complexity index is 648. The number of rotatable bonds is 5. The van der Waals surface area contributed by atoms with Crippen molar-refractivity contribution in [3.8, 4) is 0 Å². The number of H-pyrrole nitrogens is 1. The maximum atomic E-state index is 12.0. The number of pyridine rings is 1. The summed E-state index contributed by atoms with van der Waals surface area (Å²) in [5.74, 6) is 0. The Labute approximate surface area is 111 Å². The molecule has 8 heteroatoms. The van der Waals surface area contributed by atoms with E-state index < -0.39 is 10.0 Å². The molecule has 0 aromatic carbocycles. The number of nitrogens with two attached hydrogens (primary N) is 1. The van der Waals surface area contributed by atoms with Crippen molar-refractivity contribution < 1.29 is 8.42 Å². The summed E-state index contributed by atoms with van der Waals surface area (Å²) in [4.78, 5) is 4.08. The lowest BCUT2D eigenvalue weighted by Gasteiger charge is -2.06. The lowest BCUT2D eigenvalue weighted by molar-refractivity contribution is 0.580. The van der Waals surface area contributed by atoms with Crippen LogP contribution in [0.15, 0.2) is 29.4 Å². The Morgan fingerprint density at radius 3 is 2.68 bits per heavy atom. The lowest BCUT2D eigenvalue weighted by Crippen LogP contribution is -2.23. The molecular weight excluding hydrogens is 266 g/mol. The maximum Gasteiger partial charge on any atom is 0.242 e. The fourth-order valence-corrected chi connectivity index (χ4v) is 2.45. The van der Waals surface area contributed by atoms with Gasteiger partial charge in [0.1, 0.15) is 4.90 Å². The number of nitrogens with zero attached hydrogens (tertiary/aromatic N) is 2. The average Bonchev–Trinajstić information content (AvgIpc) is 2.82. The normalized spacial score (nSPS) is 11.7. The van der Waals surface area contributed by atoms with Crippen molar-refractivity contribution in [2.24, 2.45) is 5.73 Å². The Hall–Kier alpha value is -1.77. The number of aromatic nitrogens is 3. The monoisotopic (exact) mass is 281 g/mol. The van der Waals surface area contributed by atoms with Crippen LogP contribution >= 0.6 is 0 Å². The molecule has 2 rings (SSSR count). The van der Waals surface area contributed by atoms with Gasteiger partial charge in [0.15, 0.2) is 0 Å². The topological polar surface area (TPSA) is 114 Å². The summed E-state index contributed by atoms with van der Waals surface area (Å²) in [6, 6.07) is 3.08. The molecular formula is C11H15N5O2S. The van der Waals surface area contributed by atoms with Crippen LogP contribution in [-0.4, -0.2) is 23.6 Å². The zero-order valence-electron chi connectivity index (χ0n) is 10.4. The summed E-state index contributed by atoms with van der Waals surface area (Å²) in [7, 11) is -3.57. The highest BCUT2D eigenvalue weighted by Gasteiger charge is 2.14. The summed E-state index contributed by atoms with van der Waals surface area (Å²) >= 11 is 0. The van der Waals surface area contributed by atoms with E-state index in [4.69, 9.17) is 5.73 Å². The molecule has 2 heterocycles. The van der Waals surface area contributed by atoms with E-state index in [0.29, 0.717) is 5.69 Å². The molecule has 7 nitrogen and oxygen atoms in total. The third kappa shape index (κ3) is 3.16. The highest BCUT2D eigenvalue weighted by molar-refractivity contribution is 7.89. The first-order chi connectivity index (χ1) is 9.03. The van der Waals surface area contributed by atoms with Crippen molar-refractivity contribution in [1.29, 1.82) is 0 Å². The molecule has 0 radical (unpaired) electrons. The van der Waals surface area contributed by atoms with Crippen LogP contribution in [-0.2, 0) is 23.1 Å². The van der Waals surface area contributed by atoms with Crippen LogP contribution in [0.1, 0.15) is 17.0 Å². The molecule has 0 fully saturated rings. The Kier molecular flexibility index (Phi) is 3.93. The first-order valence-electron chi connectivity index (χ1n) is 5.66. The van der Waals surface area contributed by atoms with Gasteiger partial charge in [-0.3, -0.25) is 10.1 Å². The van der Waals surface area contributed by atoms with Crippen molar-refractivity contribution in [2.75, 3.05) is 0 Å². The van der Waals surface area contributed by atoms with E-state index in [1.165, 1.54) is 12.3 Å². The van der Waals surface area contributed by atoms with Gasteiger partial charge in [-0.1, -0.05) is 0 Å². The third-order valence-corrected chi connectivity index (χ3v) is 4.09. The summed E-state index contributed by atoms with van der Waals surface area (Å²) in [5.41, 5.74) is 7.69. The minimum absolute atomic E-state index is 0.117. The number of aryl methyl sites for hydroxylation is 1. The van der Waals surface area contributed by atoms with Gasteiger partial charge in [0.25, 0.3) is 0 Å². The molecule has 0 aliphatic heterocycles. The van der Waals surface area contributed by atoms with Crippen molar-refractivity contribution in [2.45, 2.75) is 24.9 Å². The molecule has 0 bridgehead atoms. The fourth-order valence-electron chi connectivity index (χ4n) is 1.50. The van der Waals surface area contributed by atoms with E-state index in [0.717, 1.165) is 11.3 Å². The predicted molar refractivity (Wildman–Crippen MR) is 69.5 cm³/mol. The van der Waals surface area contributed by atoms with Crippen molar-refractivity contribution >= 4 is 10.0 Å². The van der Waals surface area contributed by atoms with Gasteiger partial charge in [-0.2, -0.15) is 5.10 Å². The molecule has 2 aromatic heterocycles. The highest BCUT2D eigenvalue weighted by Crippen LogP contribution is 2.09. The summed E-state index contributed by atoms with van der Waals surface area (Å²) in [6.45, 7) is 2.29. The second-order valence-corrected chi connectivity index (χ2v) is 5.80. The first-order valence-corrected chi connectivity index (χ1v) is 7.15. The van der Waals surface area contributed by atoms with Gasteiger partial charge in [0.2, 0.25) is 10.0 Å². The van der Waals surface area contributed by atoms with Gasteiger partial charge < -0.3 is 5.73 Å². The van der Waals surface area contributed by atoms with Crippen LogP contribution in [0, 0.1) is 6.92 Å². The predicted octanol–water partition coefficient (Wildman–Crippen LogP) is 0.0503. The molecule has 102 valence electrons. The molecule has 0 amide bonds. The Morgan fingerprint density at radius 2 is 2.16 bits per heavy atom. The van der Waals surface area contributed by atoms with E-state index in [2.05, 4.69) is 19.9 Å². The van der Waals surface area contributed by atoms with Crippen LogP contribution in [0.2, 0.25) is 0 Å². The molecule has 0 spiro atoms. The second kappa shape index (κ2) is 5.47. The van der Waals surface area contributed by atoms with Gasteiger partial charge >= 0.3 is 0 Å². The molecule has 2 aromatic rings. The van der Waals surface area contributed by atoms with Crippen molar-refractivity contribution in [3.05, 3.63) is 41.5 Å². The highest BCUT2D eigenvalue weighted by atomic mass is 32.2. The number of sulfonamides is 1. The van der Waals surface area contributed by atoms with E-state index in [-0.39, 0.29) is 18.0 Å². The maximum absolute atomic E-state index is 12.0. The summed E-state index contributed by atoms with van der Waals surface area (Å²) in [5, 5.41) is 6.58. The van der Waals surface area contributed by atoms with Gasteiger partial charge in [0.05, 0.1) is 11.9 Å². The third-order valence-electron chi connectivity index (χ3n) is 2.70. The van der Waals surface area contributed by atoms with E-state index >= 15 is 0 Å². The quantitative estimate of drug-likeness (QED) is 0.716. The van der Waals surface area contributed by atoms with E-state index in [9.17, 15) is 8.42 Å². The zero-order chi connectivity index (χ0) is 13.9. The Morgan fingerprint density at radius 1 is 1.37 bits per heavy atom. The number of hydrogen-bond donors (Lipinski definition) is 3. The zero-order valence-corrected chi connectivity index (χ0v) is 11.2. The molecule has 0 saturated heterocycles. The van der Waals surface area contributed by atoms with Crippen LogP contribution in [0.5, 0.6) is 0 Å². The molecule has 0 aliphatic rings. The van der Waals surface area contributed by atoms with Crippen LogP contribution in [0.25, 0.3) is 0 Å². The number of aromatic amines is 1. The minimum atomic E-state index is -3.57. The first kappa shape index (κ1) is 13.7. The van der Waals surface area contributed by atoms with Crippen molar-refractivity contribution in [1.82, 2.24) is 19.9 Å². The molecule has 0 aliphatic carbocycles. The van der Waals surface area contributed by atoms with E-state index in [1.54, 1.807) is 12.3 Å². The lowest BCUT2D eigenvalue weighted by atomic mass is 10.3. The summed E-state index contributed by atoms with van der Waals surface area (Å²) in [6.07, 6.45) is 2.89. The standard InChI is InChI=1S/C11H15N5O2S/c1-8-9(5-14-16-8)6-15-19(17,18)11-3-2-10(4-12)13-7-11/h2-3,5,7,15H,4,6,12H2,1H3,(H,14,16). The number of nitrogens with one attached hydrogen (secondary N) is 2. The average molecular weight is 281 g/mol. The smallest absolute Gasteiger partial charge is 0.242 e. The van der Waals surface area contributed by atoms with Crippen LogP contribution < -0.4 is 10.5 Å². The van der Waals surface area contributed by atoms with Crippen molar-refractivity contribution in [3.63, 3.8) is 0 Å². The second-order valence-electron chi connectivity index (χ2n) is 4.03. The fraction of sp³-hybridized carbons (Fsp3) is 0.273. The molecule has 0 atom stereocenters. The summed E-state index contributed by atoms with van der Waals surface area (Å²) < 4.78 is 26.5. The van der Waals surface area contributed by atoms with Gasteiger partial charge in [-0.05, 0) is 19.1 Å². The largest absolute Gasteiger partial charge is 0.325 e. The van der Waals surface area contributed by atoms with Gasteiger partial charge in [-0.25, -0.2) is 13.1 Å². The van der Waals surface area contributed by atoms with Crippen LogP contribution in [0.3, 0.4) is 0 Å². The van der Waals surface area contributed by atoms with Gasteiger partial charge in [0, 0.05) is 30.5 Å². The molecule has 0 saturated carbocycles. The number of hydrogen-bond acceptors (Lipinski definition) is 5. The van der Waals surface area contributed by atoms with E-state index in [1.807, 2.05) is 6.92 Å². The molecule has 0 unspecified atom stereocenters.